The van der Waals surface area contributed by atoms with Crippen molar-refractivity contribution >= 4 is 11.8 Å². The third-order valence-electron chi connectivity index (χ3n) is 4.31. The van der Waals surface area contributed by atoms with Gasteiger partial charge in [0, 0.05) is 18.0 Å². The minimum absolute atomic E-state index is 0.188. The van der Waals surface area contributed by atoms with Crippen LogP contribution < -0.4 is 0 Å². The highest BCUT2D eigenvalue weighted by atomic mass is 32.2. The van der Waals surface area contributed by atoms with E-state index in [1.807, 2.05) is 11.8 Å². The van der Waals surface area contributed by atoms with Crippen LogP contribution in [0.4, 0.5) is 13.2 Å². The predicted octanol–water partition coefficient (Wildman–Crippen LogP) is 4.76. The molecule has 144 valence electrons. The summed E-state index contributed by atoms with van der Waals surface area (Å²) in [5.41, 5.74) is -0.417. The fourth-order valence-electron chi connectivity index (χ4n) is 2.52. The number of alkyl halides is 3. The molecule has 1 aromatic heterocycles. The Balaban J connectivity index is 1.90. The topological polar surface area (TPSA) is 42.2 Å². The first-order valence-electron chi connectivity index (χ1n) is 8.50. The van der Waals surface area contributed by atoms with E-state index in [-0.39, 0.29) is 5.82 Å². The Morgan fingerprint density at radius 2 is 2.08 bits per heavy atom. The predicted molar refractivity (Wildman–Crippen MR) is 98.1 cm³/mol. The molecule has 0 spiro atoms. The van der Waals surface area contributed by atoms with Crippen LogP contribution in [0.5, 0.6) is 0 Å². The van der Waals surface area contributed by atoms with Crippen molar-refractivity contribution in [1.82, 2.24) is 15.0 Å². The number of aryl methyl sites for hydroxylation is 1. The highest BCUT2D eigenvalue weighted by Crippen LogP contribution is 2.31. The van der Waals surface area contributed by atoms with Crippen LogP contribution in [0.1, 0.15) is 31.2 Å². The zero-order valence-electron chi connectivity index (χ0n) is 15.2. The summed E-state index contributed by atoms with van der Waals surface area (Å²) in [6.07, 6.45) is 0.304. The molecule has 0 amide bonds. The molecule has 0 saturated heterocycles. The van der Waals surface area contributed by atoms with E-state index in [1.165, 1.54) is 6.07 Å². The fraction of sp³-hybridized carbons (Fsp3) is 0.556. The molecule has 0 N–H and O–H groups in total. The molecule has 0 bridgehead atoms. The van der Waals surface area contributed by atoms with E-state index in [0.29, 0.717) is 23.9 Å². The van der Waals surface area contributed by atoms with Gasteiger partial charge in [-0.3, -0.25) is 0 Å². The molecule has 0 saturated carbocycles. The summed E-state index contributed by atoms with van der Waals surface area (Å²) in [5.74, 6) is 1.77. The Morgan fingerprint density at radius 1 is 1.31 bits per heavy atom. The number of rotatable bonds is 9. The Morgan fingerprint density at radius 3 is 2.77 bits per heavy atom. The van der Waals surface area contributed by atoms with Crippen LogP contribution in [0, 0.1) is 0 Å². The number of aromatic nitrogens is 2. The van der Waals surface area contributed by atoms with Gasteiger partial charge in [-0.15, -0.1) is 0 Å². The number of thioether (sulfide) groups is 1. The quantitative estimate of drug-likeness (QED) is 0.620. The van der Waals surface area contributed by atoms with Crippen molar-refractivity contribution in [3.05, 3.63) is 35.7 Å². The van der Waals surface area contributed by atoms with Gasteiger partial charge < -0.3 is 9.42 Å². The van der Waals surface area contributed by atoms with Gasteiger partial charge in [0.1, 0.15) is 0 Å². The van der Waals surface area contributed by atoms with Crippen LogP contribution in [0.15, 0.2) is 28.8 Å². The molecule has 1 heterocycles. The Labute approximate surface area is 156 Å². The summed E-state index contributed by atoms with van der Waals surface area (Å²) in [5, 5.41) is 3.81. The lowest BCUT2D eigenvalue weighted by Crippen LogP contribution is -2.30. The standard InChI is InChI=1S/C18H24F3N3OS/c1-13(9-11-26-3)24(2)10-5-8-16-22-17(23-25-16)14-6-4-7-15(12-14)18(19,20)21/h4,6-7,12-13H,5,8-11H2,1-3H3/t13-/m0/s1. The van der Waals surface area contributed by atoms with E-state index in [1.54, 1.807) is 6.07 Å². The maximum absolute atomic E-state index is 12.8. The maximum atomic E-state index is 12.8. The first kappa shape index (κ1) is 20.8. The summed E-state index contributed by atoms with van der Waals surface area (Å²) < 4.78 is 43.6. The molecule has 1 aromatic carbocycles. The lowest BCUT2D eigenvalue weighted by Gasteiger charge is -2.24. The summed E-state index contributed by atoms with van der Waals surface area (Å²) in [4.78, 5) is 6.52. The van der Waals surface area contributed by atoms with Crippen LogP contribution in [0.25, 0.3) is 11.4 Å². The molecule has 0 aliphatic carbocycles. The van der Waals surface area contributed by atoms with Gasteiger partial charge in [0.15, 0.2) is 0 Å². The van der Waals surface area contributed by atoms with E-state index in [2.05, 4.69) is 35.3 Å². The van der Waals surface area contributed by atoms with E-state index >= 15 is 0 Å². The first-order chi connectivity index (χ1) is 12.3. The number of benzene rings is 1. The molecule has 4 nitrogen and oxygen atoms in total. The zero-order valence-corrected chi connectivity index (χ0v) is 16.0. The summed E-state index contributed by atoms with van der Waals surface area (Å²) in [7, 11) is 2.09. The minimum Gasteiger partial charge on any atom is -0.339 e. The molecular formula is C18H24F3N3OS. The molecule has 8 heteroatoms. The lowest BCUT2D eigenvalue weighted by molar-refractivity contribution is -0.137. The van der Waals surface area contributed by atoms with E-state index in [9.17, 15) is 13.2 Å². The highest BCUT2D eigenvalue weighted by Gasteiger charge is 2.30. The molecular weight excluding hydrogens is 363 g/mol. The molecule has 2 rings (SSSR count). The second kappa shape index (κ2) is 9.41. The Hall–Kier alpha value is -1.54. The van der Waals surface area contributed by atoms with Crippen LogP contribution >= 0.6 is 11.8 Å². The monoisotopic (exact) mass is 387 g/mol. The largest absolute Gasteiger partial charge is 0.416 e. The van der Waals surface area contributed by atoms with E-state index in [0.717, 1.165) is 37.3 Å². The summed E-state index contributed by atoms with van der Waals surface area (Å²) in [6, 6.07) is 5.46. The first-order valence-corrected chi connectivity index (χ1v) is 9.90. The smallest absolute Gasteiger partial charge is 0.339 e. The van der Waals surface area contributed by atoms with Crippen LogP contribution in [0.2, 0.25) is 0 Å². The van der Waals surface area contributed by atoms with Crippen molar-refractivity contribution in [1.29, 1.82) is 0 Å². The van der Waals surface area contributed by atoms with Gasteiger partial charge in [-0.25, -0.2) is 0 Å². The Bertz CT molecular complexity index is 690. The van der Waals surface area contributed by atoms with Gasteiger partial charge in [-0.2, -0.15) is 29.9 Å². The number of hydrogen-bond donors (Lipinski definition) is 0. The second-order valence-electron chi connectivity index (χ2n) is 6.30. The second-order valence-corrected chi connectivity index (χ2v) is 7.29. The molecule has 0 aliphatic rings. The van der Waals surface area contributed by atoms with Crippen LogP contribution in [-0.2, 0) is 12.6 Å². The summed E-state index contributed by atoms with van der Waals surface area (Å²) >= 11 is 1.84. The molecule has 1 atom stereocenters. The van der Waals surface area contributed by atoms with Gasteiger partial charge in [0.2, 0.25) is 11.7 Å². The summed E-state index contributed by atoms with van der Waals surface area (Å²) in [6.45, 7) is 3.10. The molecule has 0 unspecified atom stereocenters. The highest BCUT2D eigenvalue weighted by molar-refractivity contribution is 7.98. The van der Waals surface area contributed by atoms with Gasteiger partial charge in [-0.05, 0) is 57.5 Å². The molecule has 26 heavy (non-hydrogen) atoms. The number of nitrogens with zero attached hydrogens (tertiary/aromatic N) is 3. The van der Waals surface area contributed by atoms with Crippen LogP contribution in [-0.4, -0.2) is 46.7 Å². The van der Waals surface area contributed by atoms with E-state index < -0.39 is 11.7 Å². The van der Waals surface area contributed by atoms with Gasteiger partial charge >= 0.3 is 6.18 Å². The molecule has 2 aromatic rings. The van der Waals surface area contributed by atoms with Gasteiger partial charge in [-0.1, -0.05) is 17.3 Å². The average Bonchev–Trinajstić information content (AvgIpc) is 3.08. The van der Waals surface area contributed by atoms with Gasteiger partial charge in [0.25, 0.3) is 0 Å². The average molecular weight is 387 g/mol. The number of halogens is 3. The van der Waals surface area contributed by atoms with Crippen molar-refractivity contribution in [3.63, 3.8) is 0 Å². The zero-order chi connectivity index (χ0) is 19.2. The Kier molecular flexibility index (Phi) is 7.52. The third-order valence-corrected chi connectivity index (χ3v) is 4.95. The maximum Gasteiger partial charge on any atom is 0.416 e. The third kappa shape index (κ3) is 6.02. The molecule has 0 fully saturated rings. The van der Waals surface area contributed by atoms with Crippen molar-refractivity contribution in [2.75, 3.05) is 25.6 Å². The molecule has 0 radical (unpaired) electrons. The lowest BCUT2D eigenvalue weighted by atomic mass is 10.1. The molecule has 0 aliphatic heterocycles. The normalized spacial score (nSPS) is 13.3. The number of hydrogen-bond acceptors (Lipinski definition) is 5. The fourth-order valence-corrected chi connectivity index (χ4v) is 3.09. The SMILES string of the molecule is CSCC[C@H](C)N(C)CCCc1nc(-c2cccc(C(F)(F)F)c2)no1. The minimum atomic E-state index is -4.39. The van der Waals surface area contributed by atoms with Crippen molar-refractivity contribution in [2.45, 2.75) is 38.4 Å². The van der Waals surface area contributed by atoms with Gasteiger partial charge in [0.05, 0.1) is 5.56 Å². The van der Waals surface area contributed by atoms with Crippen molar-refractivity contribution < 1.29 is 17.7 Å². The van der Waals surface area contributed by atoms with Crippen molar-refractivity contribution in [3.8, 4) is 11.4 Å². The van der Waals surface area contributed by atoms with E-state index in [4.69, 9.17) is 4.52 Å². The van der Waals surface area contributed by atoms with Crippen molar-refractivity contribution in [2.24, 2.45) is 0 Å². The van der Waals surface area contributed by atoms with Crippen LogP contribution in [0.3, 0.4) is 0 Å².